The highest BCUT2D eigenvalue weighted by Gasteiger charge is 2.31. The standard InChI is InChI=1S/C16H15N3O4/c1-3-16(2,23)13-8-19(18-17-13)10-7-12(21)9-5-4-6-11(20)14(9)15(10)22/h4-8,20,23H,3H2,1-2H3. The average Bonchev–Trinajstić information content (AvgIpc) is 3.01. The summed E-state index contributed by atoms with van der Waals surface area (Å²) in [5, 5.41) is 27.8. The van der Waals surface area contributed by atoms with E-state index in [2.05, 4.69) is 10.3 Å². The SMILES string of the molecule is CCC(C)(O)c1cn(C2=CC(=O)c3cccc(O)c3C2=O)nn1. The zero-order valence-corrected chi connectivity index (χ0v) is 12.6. The van der Waals surface area contributed by atoms with Crippen LogP contribution in [-0.2, 0) is 5.60 Å². The summed E-state index contributed by atoms with van der Waals surface area (Å²) in [6.07, 6.45) is 2.98. The molecule has 2 aromatic rings. The van der Waals surface area contributed by atoms with E-state index in [4.69, 9.17) is 0 Å². The first kappa shape index (κ1) is 15.1. The zero-order chi connectivity index (χ0) is 16.8. The summed E-state index contributed by atoms with van der Waals surface area (Å²) in [6, 6.07) is 4.34. The van der Waals surface area contributed by atoms with Gasteiger partial charge in [0.1, 0.15) is 22.7 Å². The molecular weight excluding hydrogens is 298 g/mol. The Hall–Kier alpha value is -2.80. The third-order valence-corrected chi connectivity index (χ3v) is 4.02. The number of nitrogens with zero attached hydrogens (tertiary/aromatic N) is 3. The van der Waals surface area contributed by atoms with Crippen molar-refractivity contribution in [2.24, 2.45) is 0 Å². The molecule has 7 nitrogen and oxygen atoms in total. The van der Waals surface area contributed by atoms with Crippen LogP contribution >= 0.6 is 0 Å². The van der Waals surface area contributed by atoms with Crippen LogP contribution in [0.1, 0.15) is 46.7 Å². The lowest BCUT2D eigenvalue weighted by Crippen LogP contribution is -2.21. The van der Waals surface area contributed by atoms with Crippen LogP contribution in [-0.4, -0.2) is 36.8 Å². The van der Waals surface area contributed by atoms with Crippen LogP contribution in [0, 0.1) is 0 Å². The quantitative estimate of drug-likeness (QED) is 0.890. The molecule has 1 aromatic heterocycles. The maximum Gasteiger partial charge on any atom is 0.216 e. The van der Waals surface area contributed by atoms with Gasteiger partial charge in [0.25, 0.3) is 0 Å². The number of phenols is 1. The number of phenolic OH excluding ortho intramolecular Hbond substituents is 1. The molecular formula is C16H15N3O4. The molecule has 1 heterocycles. The van der Waals surface area contributed by atoms with Crippen LogP contribution in [0.25, 0.3) is 5.70 Å². The number of carbonyl (C=O) groups excluding carboxylic acids is 2. The summed E-state index contributed by atoms with van der Waals surface area (Å²) >= 11 is 0. The van der Waals surface area contributed by atoms with Crippen molar-refractivity contribution in [3.8, 4) is 5.75 Å². The van der Waals surface area contributed by atoms with Gasteiger partial charge in [0, 0.05) is 11.6 Å². The average molecular weight is 313 g/mol. The number of Topliss-reactive ketones (excluding diaryl/α,β-unsaturated/α-hetero) is 1. The lowest BCUT2D eigenvalue weighted by Gasteiger charge is -2.17. The third-order valence-electron chi connectivity index (χ3n) is 4.02. The summed E-state index contributed by atoms with van der Waals surface area (Å²) in [4.78, 5) is 24.8. The summed E-state index contributed by atoms with van der Waals surface area (Å²) in [6.45, 7) is 3.38. The van der Waals surface area contributed by atoms with Crippen LogP contribution in [0.3, 0.4) is 0 Å². The van der Waals surface area contributed by atoms with Gasteiger partial charge >= 0.3 is 0 Å². The Labute approximate surface area is 131 Å². The Bertz CT molecular complexity index is 849. The van der Waals surface area contributed by atoms with Gasteiger partial charge < -0.3 is 10.2 Å². The highest BCUT2D eigenvalue weighted by Crippen LogP contribution is 2.31. The Kier molecular flexibility index (Phi) is 3.37. The molecule has 7 heteroatoms. The van der Waals surface area contributed by atoms with Crippen molar-refractivity contribution in [3.05, 3.63) is 47.3 Å². The van der Waals surface area contributed by atoms with Gasteiger partial charge in [0.15, 0.2) is 5.78 Å². The van der Waals surface area contributed by atoms with E-state index in [1.165, 1.54) is 24.4 Å². The number of benzene rings is 1. The second kappa shape index (κ2) is 5.13. The van der Waals surface area contributed by atoms with E-state index in [1.54, 1.807) is 13.8 Å². The predicted molar refractivity (Wildman–Crippen MR) is 80.9 cm³/mol. The van der Waals surface area contributed by atoms with Crippen LogP contribution in [0.5, 0.6) is 5.75 Å². The van der Waals surface area contributed by atoms with Crippen LogP contribution < -0.4 is 0 Å². The lowest BCUT2D eigenvalue weighted by molar-refractivity contribution is 0.0484. The van der Waals surface area contributed by atoms with Crippen molar-refractivity contribution < 1.29 is 19.8 Å². The van der Waals surface area contributed by atoms with E-state index in [0.717, 1.165) is 10.8 Å². The van der Waals surface area contributed by atoms with Crippen molar-refractivity contribution in [1.29, 1.82) is 0 Å². The van der Waals surface area contributed by atoms with Gasteiger partial charge in [-0.3, -0.25) is 9.59 Å². The molecule has 0 saturated carbocycles. The molecule has 1 aliphatic rings. The molecule has 0 bridgehead atoms. The molecule has 1 aliphatic carbocycles. The van der Waals surface area contributed by atoms with Crippen molar-refractivity contribution in [2.75, 3.05) is 0 Å². The van der Waals surface area contributed by atoms with E-state index >= 15 is 0 Å². The number of aliphatic hydroxyl groups is 1. The topological polar surface area (TPSA) is 105 Å². The van der Waals surface area contributed by atoms with Gasteiger partial charge in [-0.15, -0.1) is 5.10 Å². The van der Waals surface area contributed by atoms with Gasteiger partial charge in [-0.25, -0.2) is 4.68 Å². The van der Waals surface area contributed by atoms with Crippen LogP contribution in [0.15, 0.2) is 30.5 Å². The number of rotatable bonds is 3. The van der Waals surface area contributed by atoms with E-state index < -0.39 is 17.2 Å². The molecule has 1 unspecified atom stereocenters. The largest absolute Gasteiger partial charge is 0.507 e. The van der Waals surface area contributed by atoms with E-state index in [0.29, 0.717) is 12.1 Å². The first-order valence-corrected chi connectivity index (χ1v) is 7.13. The number of ketones is 2. The molecule has 0 saturated heterocycles. The second-order valence-electron chi connectivity index (χ2n) is 5.60. The monoisotopic (exact) mass is 313 g/mol. The van der Waals surface area contributed by atoms with Crippen LogP contribution in [0.4, 0.5) is 0 Å². The normalized spacial score (nSPS) is 16.7. The van der Waals surface area contributed by atoms with Crippen molar-refractivity contribution in [2.45, 2.75) is 25.9 Å². The second-order valence-corrected chi connectivity index (χ2v) is 5.60. The smallest absolute Gasteiger partial charge is 0.216 e. The maximum absolute atomic E-state index is 12.6. The molecule has 0 spiro atoms. The summed E-state index contributed by atoms with van der Waals surface area (Å²) in [5.41, 5.74) is -0.798. The minimum atomic E-state index is -1.18. The molecule has 2 N–H and O–H groups in total. The summed E-state index contributed by atoms with van der Waals surface area (Å²) < 4.78 is 1.15. The van der Waals surface area contributed by atoms with Gasteiger partial charge in [-0.1, -0.05) is 24.3 Å². The summed E-state index contributed by atoms with van der Waals surface area (Å²) in [5.74, 6) is -1.18. The Morgan fingerprint density at radius 2 is 2.04 bits per heavy atom. The molecule has 0 fully saturated rings. The number of hydrogen-bond donors (Lipinski definition) is 2. The fraction of sp³-hybridized carbons (Fsp3) is 0.250. The van der Waals surface area contributed by atoms with Gasteiger partial charge in [0.05, 0.1) is 11.8 Å². The fourth-order valence-corrected chi connectivity index (χ4v) is 2.36. The minimum absolute atomic E-state index is 0.0188. The molecule has 3 rings (SSSR count). The minimum Gasteiger partial charge on any atom is -0.507 e. The van der Waals surface area contributed by atoms with Crippen molar-refractivity contribution >= 4 is 17.3 Å². The van der Waals surface area contributed by atoms with E-state index in [9.17, 15) is 19.8 Å². The predicted octanol–water partition coefficient (Wildman–Crippen LogP) is 1.52. The Morgan fingerprint density at radius 3 is 2.74 bits per heavy atom. The molecule has 0 aliphatic heterocycles. The van der Waals surface area contributed by atoms with Crippen molar-refractivity contribution in [1.82, 2.24) is 15.0 Å². The van der Waals surface area contributed by atoms with Crippen LogP contribution in [0.2, 0.25) is 0 Å². The molecule has 0 radical (unpaired) electrons. The molecule has 1 aromatic carbocycles. The molecule has 23 heavy (non-hydrogen) atoms. The fourth-order valence-electron chi connectivity index (χ4n) is 2.36. The highest BCUT2D eigenvalue weighted by atomic mass is 16.3. The highest BCUT2D eigenvalue weighted by molar-refractivity contribution is 6.36. The van der Waals surface area contributed by atoms with Gasteiger partial charge in [-0.05, 0) is 19.4 Å². The zero-order valence-electron chi connectivity index (χ0n) is 12.6. The number of fused-ring (bicyclic) bond motifs is 1. The molecule has 1 atom stereocenters. The number of carbonyl (C=O) groups is 2. The van der Waals surface area contributed by atoms with Gasteiger partial charge in [-0.2, -0.15) is 0 Å². The van der Waals surface area contributed by atoms with E-state index in [1.807, 2.05) is 0 Å². The van der Waals surface area contributed by atoms with Crippen molar-refractivity contribution in [3.63, 3.8) is 0 Å². The first-order chi connectivity index (χ1) is 10.8. The van der Waals surface area contributed by atoms with E-state index in [-0.39, 0.29) is 22.6 Å². The summed E-state index contributed by atoms with van der Waals surface area (Å²) in [7, 11) is 0. The number of allylic oxidation sites excluding steroid dienone is 2. The number of aromatic nitrogens is 3. The molecule has 118 valence electrons. The lowest BCUT2D eigenvalue weighted by atomic mass is 9.92. The number of hydrogen-bond acceptors (Lipinski definition) is 6. The Morgan fingerprint density at radius 1 is 1.30 bits per heavy atom. The molecule has 0 amide bonds. The Balaban J connectivity index is 2.07. The first-order valence-electron chi connectivity index (χ1n) is 7.13. The third kappa shape index (κ3) is 2.35. The maximum atomic E-state index is 12.6. The van der Waals surface area contributed by atoms with Gasteiger partial charge in [0.2, 0.25) is 5.78 Å². The number of aromatic hydroxyl groups is 1.